The summed E-state index contributed by atoms with van der Waals surface area (Å²) in [5.41, 5.74) is 0.820. The van der Waals surface area contributed by atoms with E-state index in [9.17, 15) is 4.79 Å². The second-order valence-electron chi connectivity index (χ2n) is 2.32. The summed E-state index contributed by atoms with van der Waals surface area (Å²) in [5, 5.41) is 8.48. The average Bonchev–Trinajstić information content (AvgIpc) is 2.02. The lowest BCUT2D eigenvalue weighted by molar-refractivity contribution is -0.136. The summed E-state index contributed by atoms with van der Waals surface area (Å²) in [6.07, 6.45) is 9.28. The Morgan fingerprint density at radius 3 is 2.42 bits per heavy atom. The predicted octanol–water partition coefficient (Wildman–Crippen LogP) is 2.54. The third kappa shape index (κ3) is 5.47. The smallest absolute Gasteiger partial charge is 0.307 e. The van der Waals surface area contributed by atoms with Gasteiger partial charge in [0.05, 0.1) is 6.42 Å². The average molecular weight is 166 g/mol. The molecular weight excluding hydrogens is 152 g/mol. The number of carbonyl (C=O) groups is 1. The highest BCUT2D eigenvalue weighted by atomic mass is 16.4. The molecule has 0 unspecified atom stereocenters. The van der Waals surface area contributed by atoms with E-state index in [4.69, 9.17) is 5.11 Å². The number of aliphatic carboxylic acids is 1. The molecule has 0 rings (SSSR count). The Labute approximate surface area is 72.9 Å². The van der Waals surface area contributed by atoms with Crippen LogP contribution < -0.4 is 0 Å². The summed E-state index contributed by atoms with van der Waals surface area (Å²) in [4.78, 5) is 10.3. The zero-order chi connectivity index (χ0) is 9.40. The van der Waals surface area contributed by atoms with Crippen LogP contribution in [0.2, 0.25) is 0 Å². The van der Waals surface area contributed by atoms with Gasteiger partial charge in [0.15, 0.2) is 0 Å². The Bertz CT molecular complexity index is 222. The molecule has 2 nitrogen and oxygen atoms in total. The van der Waals surface area contributed by atoms with Crippen LogP contribution in [0.25, 0.3) is 0 Å². The van der Waals surface area contributed by atoms with Gasteiger partial charge in [-0.15, -0.1) is 0 Å². The lowest BCUT2D eigenvalue weighted by Gasteiger charge is -1.93. The first-order chi connectivity index (χ1) is 5.70. The number of hydrogen-bond donors (Lipinski definition) is 1. The Hall–Kier alpha value is -1.31. The van der Waals surface area contributed by atoms with Crippen LogP contribution in [0.3, 0.4) is 0 Å². The fourth-order valence-corrected chi connectivity index (χ4v) is 0.722. The number of carboxylic acid groups (broad SMARTS) is 1. The van der Waals surface area contributed by atoms with Crippen molar-refractivity contribution in [3.05, 3.63) is 36.0 Å². The minimum atomic E-state index is -0.798. The van der Waals surface area contributed by atoms with Crippen LogP contribution in [0.5, 0.6) is 0 Å². The van der Waals surface area contributed by atoms with Crippen molar-refractivity contribution in [3.8, 4) is 0 Å². The Kier molecular flexibility index (Phi) is 5.70. The van der Waals surface area contributed by atoms with E-state index >= 15 is 0 Å². The minimum absolute atomic E-state index is 0.0879. The largest absolute Gasteiger partial charge is 0.481 e. The van der Waals surface area contributed by atoms with E-state index in [2.05, 4.69) is 0 Å². The van der Waals surface area contributed by atoms with Gasteiger partial charge in [0.25, 0.3) is 0 Å². The normalized spacial score (nSPS) is 13.0. The first kappa shape index (κ1) is 10.7. The molecule has 0 aliphatic heterocycles. The van der Waals surface area contributed by atoms with Crippen LogP contribution in [0.15, 0.2) is 36.0 Å². The third-order valence-electron chi connectivity index (χ3n) is 1.34. The number of allylic oxidation sites excluding steroid dienone is 5. The number of rotatable bonds is 4. The molecule has 0 saturated heterocycles. The molecule has 0 aliphatic carbocycles. The molecule has 0 heterocycles. The van der Waals surface area contributed by atoms with Crippen molar-refractivity contribution < 1.29 is 9.90 Å². The molecule has 2 heteroatoms. The third-order valence-corrected chi connectivity index (χ3v) is 1.34. The topological polar surface area (TPSA) is 37.3 Å². The molecule has 0 spiro atoms. The summed E-state index contributed by atoms with van der Waals surface area (Å²) in [5.74, 6) is -0.798. The van der Waals surface area contributed by atoms with Gasteiger partial charge in [0, 0.05) is 0 Å². The van der Waals surface area contributed by atoms with Gasteiger partial charge in [-0.3, -0.25) is 4.79 Å². The second-order valence-corrected chi connectivity index (χ2v) is 2.32. The Balaban J connectivity index is 4.10. The van der Waals surface area contributed by atoms with Crippen molar-refractivity contribution in [1.82, 2.24) is 0 Å². The maximum Gasteiger partial charge on any atom is 0.307 e. The molecule has 66 valence electrons. The summed E-state index contributed by atoms with van der Waals surface area (Å²) in [7, 11) is 0. The zero-order valence-electron chi connectivity index (χ0n) is 7.45. The van der Waals surface area contributed by atoms with E-state index < -0.39 is 5.97 Å². The van der Waals surface area contributed by atoms with E-state index in [1.54, 1.807) is 12.2 Å². The summed E-state index contributed by atoms with van der Waals surface area (Å²) in [6.45, 7) is 3.75. The van der Waals surface area contributed by atoms with Crippen molar-refractivity contribution in [1.29, 1.82) is 0 Å². The quantitative estimate of drug-likeness (QED) is 0.651. The van der Waals surface area contributed by atoms with Gasteiger partial charge >= 0.3 is 5.97 Å². The maximum absolute atomic E-state index is 10.3. The van der Waals surface area contributed by atoms with Gasteiger partial charge in [-0.1, -0.05) is 30.4 Å². The summed E-state index contributed by atoms with van der Waals surface area (Å²) < 4.78 is 0. The summed E-state index contributed by atoms with van der Waals surface area (Å²) >= 11 is 0. The molecule has 0 aromatic carbocycles. The second kappa shape index (κ2) is 6.40. The molecular formula is C10H14O2. The molecule has 0 bridgehead atoms. The highest BCUT2D eigenvalue weighted by molar-refractivity contribution is 5.70. The van der Waals surface area contributed by atoms with Crippen LogP contribution in [0.4, 0.5) is 0 Å². The predicted molar refractivity (Wildman–Crippen MR) is 50.0 cm³/mol. The van der Waals surface area contributed by atoms with E-state index in [1.165, 1.54) is 0 Å². The van der Waals surface area contributed by atoms with Gasteiger partial charge in [-0.25, -0.2) is 0 Å². The molecule has 0 aromatic rings. The van der Waals surface area contributed by atoms with E-state index in [-0.39, 0.29) is 6.42 Å². The highest BCUT2D eigenvalue weighted by Gasteiger charge is 1.97. The fourth-order valence-electron chi connectivity index (χ4n) is 0.722. The van der Waals surface area contributed by atoms with Gasteiger partial charge in [0.2, 0.25) is 0 Å². The molecule has 0 aliphatic rings. The van der Waals surface area contributed by atoms with Crippen LogP contribution in [-0.4, -0.2) is 11.1 Å². The molecule has 0 amide bonds. The van der Waals surface area contributed by atoms with Crippen LogP contribution in [0, 0.1) is 0 Å². The Morgan fingerprint density at radius 1 is 1.33 bits per heavy atom. The van der Waals surface area contributed by atoms with Crippen molar-refractivity contribution in [3.63, 3.8) is 0 Å². The fraction of sp³-hybridized carbons (Fsp3) is 0.300. The lowest BCUT2D eigenvalue weighted by Crippen LogP contribution is -1.94. The number of hydrogen-bond acceptors (Lipinski definition) is 1. The SMILES string of the molecule is C\C=C(/C=C\C=C\C)CC(=O)O. The van der Waals surface area contributed by atoms with E-state index in [0.29, 0.717) is 0 Å². The van der Waals surface area contributed by atoms with Crippen molar-refractivity contribution in [2.24, 2.45) is 0 Å². The molecule has 1 N–H and O–H groups in total. The van der Waals surface area contributed by atoms with Gasteiger partial charge in [-0.2, -0.15) is 0 Å². The van der Waals surface area contributed by atoms with Gasteiger partial charge in [-0.05, 0) is 19.4 Å². The minimum Gasteiger partial charge on any atom is -0.481 e. The van der Waals surface area contributed by atoms with Gasteiger partial charge in [0.1, 0.15) is 0 Å². The Morgan fingerprint density at radius 2 is 2.00 bits per heavy atom. The van der Waals surface area contributed by atoms with Crippen LogP contribution in [0.1, 0.15) is 20.3 Å². The van der Waals surface area contributed by atoms with Crippen molar-refractivity contribution >= 4 is 5.97 Å². The van der Waals surface area contributed by atoms with E-state index in [1.807, 2.05) is 32.1 Å². The van der Waals surface area contributed by atoms with Crippen molar-refractivity contribution in [2.75, 3.05) is 0 Å². The first-order valence-corrected chi connectivity index (χ1v) is 3.87. The monoisotopic (exact) mass is 166 g/mol. The molecule has 0 saturated carbocycles. The first-order valence-electron chi connectivity index (χ1n) is 3.87. The molecule has 0 radical (unpaired) electrons. The highest BCUT2D eigenvalue weighted by Crippen LogP contribution is 2.02. The zero-order valence-corrected chi connectivity index (χ0v) is 7.45. The molecule has 0 fully saturated rings. The molecule has 0 aromatic heterocycles. The summed E-state index contributed by atoms with van der Waals surface area (Å²) in [6, 6.07) is 0. The molecule has 0 atom stereocenters. The van der Waals surface area contributed by atoms with Crippen LogP contribution >= 0.6 is 0 Å². The molecule has 12 heavy (non-hydrogen) atoms. The van der Waals surface area contributed by atoms with Crippen molar-refractivity contribution in [2.45, 2.75) is 20.3 Å². The van der Waals surface area contributed by atoms with Gasteiger partial charge < -0.3 is 5.11 Å². The number of carboxylic acids is 1. The lowest BCUT2D eigenvalue weighted by atomic mass is 10.1. The van der Waals surface area contributed by atoms with E-state index in [0.717, 1.165) is 5.57 Å². The standard InChI is InChI=1S/C10H14O2/c1-3-5-6-7-9(4-2)8-10(11)12/h3-7H,8H2,1-2H3,(H,11,12)/b5-3+,7-6-,9-4+. The van der Waals surface area contributed by atoms with Crippen LogP contribution in [-0.2, 0) is 4.79 Å². The maximum atomic E-state index is 10.3.